The van der Waals surface area contributed by atoms with Gasteiger partial charge >= 0.3 is 0 Å². The average Bonchev–Trinajstić information content (AvgIpc) is 3.21. The van der Waals surface area contributed by atoms with E-state index in [4.69, 9.17) is 4.74 Å². The zero-order valence-electron chi connectivity index (χ0n) is 18.5. The molecule has 4 rings (SSSR count). The molecule has 2 aliphatic rings. The lowest BCUT2D eigenvalue weighted by molar-refractivity contribution is 0.0730. The zero-order chi connectivity index (χ0) is 22.3. The maximum atomic E-state index is 13.2. The fraction of sp³-hybridized carbons (Fsp3) is 0.500. The minimum atomic E-state index is -3.58. The second kappa shape index (κ2) is 8.19. The lowest BCUT2D eigenvalue weighted by Crippen LogP contribution is -2.41. The fourth-order valence-electron chi connectivity index (χ4n) is 4.51. The average molecular weight is 444 g/mol. The number of fused-ring (bicyclic) bond motifs is 1. The third-order valence-electron chi connectivity index (χ3n) is 6.51. The summed E-state index contributed by atoms with van der Waals surface area (Å²) in [6.07, 6.45) is 0.0754. The van der Waals surface area contributed by atoms with Gasteiger partial charge < -0.3 is 19.1 Å². The van der Waals surface area contributed by atoms with Crippen LogP contribution in [0.15, 0.2) is 29.2 Å². The Labute approximate surface area is 184 Å². The van der Waals surface area contributed by atoms with Gasteiger partial charge in [0.1, 0.15) is 11.8 Å². The quantitative estimate of drug-likeness (QED) is 0.706. The van der Waals surface area contributed by atoms with Crippen LogP contribution in [0.25, 0.3) is 0 Å². The number of nitrogens with zero attached hydrogens (tertiary/aromatic N) is 5. The number of aromatic nitrogens is 1. The Morgan fingerprint density at radius 1 is 1.16 bits per heavy atom. The van der Waals surface area contributed by atoms with Gasteiger partial charge in [0.25, 0.3) is 0 Å². The maximum Gasteiger partial charge on any atom is 0.243 e. The van der Waals surface area contributed by atoms with Gasteiger partial charge in [-0.25, -0.2) is 8.42 Å². The Kier molecular flexibility index (Phi) is 5.73. The Bertz CT molecular complexity index is 1130. The highest BCUT2D eigenvalue weighted by molar-refractivity contribution is 7.89. The molecule has 3 heterocycles. The van der Waals surface area contributed by atoms with Crippen LogP contribution in [0.4, 0.5) is 11.4 Å². The van der Waals surface area contributed by atoms with E-state index < -0.39 is 10.0 Å². The van der Waals surface area contributed by atoms with E-state index >= 15 is 0 Å². The van der Waals surface area contributed by atoms with Gasteiger partial charge in [-0.05, 0) is 50.6 Å². The molecule has 0 radical (unpaired) electrons. The first-order valence-corrected chi connectivity index (χ1v) is 12.0. The number of nitriles is 1. The molecule has 1 atom stereocenters. The van der Waals surface area contributed by atoms with E-state index in [9.17, 15) is 13.7 Å². The van der Waals surface area contributed by atoms with E-state index in [1.165, 1.54) is 4.31 Å². The number of sulfonamides is 1. The van der Waals surface area contributed by atoms with E-state index in [2.05, 4.69) is 29.7 Å². The summed E-state index contributed by atoms with van der Waals surface area (Å²) in [6, 6.07) is 9.59. The molecule has 0 spiro atoms. The molecule has 1 fully saturated rings. The van der Waals surface area contributed by atoms with E-state index in [1.807, 2.05) is 30.7 Å². The fourth-order valence-corrected chi connectivity index (χ4v) is 5.94. The summed E-state index contributed by atoms with van der Waals surface area (Å²) in [7, 11) is -1.68. The van der Waals surface area contributed by atoms with Crippen molar-refractivity contribution in [1.82, 2.24) is 8.87 Å². The number of anilines is 2. The standard InChI is InChI=1S/C22H29N5O3S/c1-5-26-17(3)27(15-18-12-19(14-23)24(4)16(18)2)22-13-20(6-7-21(22)26)31(28,29)25-8-10-30-11-9-25/h6-7,12-13,17H,5,8-11,15H2,1-4H3. The van der Waals surface area contributed by atoms with E-state index in [1.54, 1.807) is 12.1 Å². The predicted octanol–water partition coefficient (Wildman–Crippen LogP) is 2.42. The lowest BCUT2D eigenvalue weighted by atomic mass is 10.2. The molecule has 8 nitrogen and oxygen atoms in total. The molecule has 0 saturated carbocycles. The highest BCUT2D eigenvalue weighted by Gasteiger charge is 2.35. The molecule has 1 unspecified atom stereocenters. The summed E-state index contributed by atoms with van der Waals surface area (Å²) in [5, 5.41) is 9.38. The minimum Gasteiger partial charge on any atom is -0.379 e. The first-order valence-electron chi connectivity index (χ1n) is 10.6. The van der Waals surface area contributed by atoms with Crippen molar-refractivity contribution in [3.8, 4) is 6.07 Å². The van der Waals surface area contributed by atoms with Gasteiger partial charge in [0, 0.05) is 38.9 Å². The zero-order valence-corrected chi connectivity index (χ0v) is 19.3. The van der Waals surface area contributed by atoms with Gasteiger partial charge in [0.2, 0.25) is 10.0 Å². The van der Waals surface area contributed by atoms with Crippen molar-refractivity contribution in [1.29, 1.82) is 5.26 Å². The summed E-state index contributed by atoms with van der Waals surface area (Å²) in [6.45, 7) is 9.25. The molecule has 0 aliphatic carbocycles. The molecule has 31 heavy (non-hydrogen) atoms. The number of morpholine rings is 1. The molecule has 9 heteroatoms. The van der Waals surface area contributed by atoms with Gasteiger partial charge in [-0.1, -0.05) is 0 Å². The third-order valence-corrected chi connectivity index (χ3v) is 8.41. The number of benzene rings is 1. The van der Waals surface area contributed by atoms with Gasteiger partial charge in [0.05, 0.1) is 35.6 Å². The van der Waals surface area contributed by atoms with E-state index in [-0.39, 0.29) is 6.17 Å². The van der Waals surface area contributed by atoms with E-state index in [0.717, 1.165) is 29.2 Å². The molecule has 1 aromatic carbocycles. The summed E-state index contributed by atoms with van der Waals surface area (Å²) < 4.78 is 35.2. The van der Waals surface area contributed by atoms with E-state index in [0.29, 0.717) is 43.4 Å². The summed E-state index contributed by atoms with van der Waals surface area (Å²) in [5.41, 5.74) is 4.67. The highest BCUT2D eigenvalue weighted by atomic mass is 32.2. The Balaban J connectivity index is 1.73. The molecule has 2 aliphatic heterocycles. The van der Waals surface area contributed by atoms with Crippen LogP contribution in [0.5, 0.6) is 0 Å². The van der Waals surface area contributed by atoms with Gasteiger partial charge in [-0.15, -0.1) is 0 Å². The van der Waals surface area contributed by atoms with Crippen LogP contribution >= 0.6 is 0 Å². The van der Waals surface area contributed by atoms with Crippen molar-refractivity contribution in [2.45, 2.75) is 38.4 Å². The normalized spacial score (nSPS) is 19.5. The number of rotatable bonds is 5. The topological polar surface area (TPSA) is 81.8 Å². The van der Waals surface area contributed by atoms with Crippen LogP contribution in [0.1, 0.15) is 30.8 Å². The van der Waals surface area contributed by atoms with Crippen molar-refractivity contribution in [2.75, 3.05) is 42.6 Å². The van der Waals surface area contributed by atoms with Crippen molar-refractivity contribution >= 4 is 21.4 Å². The maximum absolute atomic E-state index is 13.2. The Hall–Kier alpha value is -2.54. The molecular weight excluding hydrogens is 414 g/mol. The van der Waals surface area contributed by atoms with Crippen LogP contribution in [0, 0.1) is 18.3 Å². The molecular formula is C22H29N5O3S. The number of hydrogen-bond donors (Lipinski definition) is 0. The van der Waals surface area contributed by atoms with Crippen LogP contribution in [0.2, 0.25) is 0 Å². The molecule has 2 aromatic rings. The van der Waals surface area contributed by atoms with Gasteiger partial charge in [0.15, 0.2) is 0 Å². The molecule has 0 N–H and O–H groups in total. The summed E-state index contributed by atoms with van der Waals surface area (Å²) in [5.74, 6) is 0. The smallest absolute Gasteiger partial charge is 0.243 e. The van der Waals surface area contributed by atoms with Crippen molar-refractivity contribution in [3.63, 3.8) is 0 Å². The molecule has 1 saturated heterocycles. The van der Waals surface area contributed by atoms with Crippen molar-refractivity contribution in [3.05, 3.63) is 41.2 Å². The third kappa shape index (κ3) is 3.59. The Morgan fingerprint density at radius 3 is 2.48 bits per heavy atom. The van der Waals surface area contributed by atoms with Gasteiger partial charge in [-0.3, -0.25) is 0 Å². The summed E-state index contributed by atoms with van der Waals surface area (Å²) in [4.78, 5) is 4.80. The first kappa shape index (κ1) is 21.7. The van der Waals surface area contributed by atoms with Crippen LogP contribution in [-0.4, -0.2) is 56.3 Å². The second-order valence-corrected chi connectivity index (χ2v) is 9.96. The van der Waals surface area contributed by atoms with Crippen LogP contribution < -0.4 is 9.80 Å². The SMILES string of the molecule is CCN1c2ccc(S(=O)(=O)N3CCOCC3)cc2N(Cc2cc(C#N)n(C)c2C)C1C. The Morgan fingerprint density at radius 2 is 1.87 bits per heavy atom. The van der Waals surface area contributed by atoms with Crippen molar-refractivity contribution < 1.29 is 13.2 Å². The lowest BCUT2D eigenvalue weighted by Gasteiger charge is -2.29. The number of ether oxygens (including phenoxy) is 1. The molecule has 1 aromatic heterocycles. The monoisotopic (exact) mass is 443 g/mol. The van der Waals surface area contributed by atoms with Crippen LogP contribution in [-0.2, 0) is 28.4 Å². The largest absolute Gasteiger partial charge is 0.379 e. The number of hydrogen-bond acceptors (Lipinski definition) is 6. The molecule has 0 bridgehead atoms. The first-order chi connectivity index (χ1) is 14.8. The minimum absolute atomic E-state index is 0.0754. The second-order valence-electron chi connectivity index (χ2n) is 8.02. The highest BCUT2D eigenvalue weighted by Crippen LogP contribution is 2.42. The summed E-state index contributed by atoms with van der Waals surface area (Å²) >= 11 is 0. The van der Waals surface area contributed by atoms with Gasteiger partial charge in [-0.2, -0.15) is 9.57 Å². The van der Waals surface area contributed by atoms with Crippen LogP contribution in [0.3, 0.4) is 0 Å². The van der Waals surface area contributed by atoms with Crippen molar-refractivity contribution in [2.24, 2.45) is 7.05 Å². The molecule has 166 valence electrons. The predicted molar refractivity (Wildman–Crippen MR) is 120 cm³/mol. The molecule has 0 amide bonds.